The highest BCUT2D eigenvalue weighted by atomic mass is 32.1. The monoisotopic (exact) mass is 462 g/mol. The first-order valence-corrected chi connectivity index (χ1v) is 12.0. The number of amides is 2. The van der Waals surface area contributed by atoms with E-state index >= 15 is 0 Å². The smallest absolute Gasteiger partial charge is 0.253 e. The summed E-state index contributed by atoms with van der Waals surface area (Å²) < 4.78 is 0.882. The average Bonchev–Trinajstić information content (AvgIpc) is 3.18. The van der Waals surface area contributed by atoms with Crippen molar-refractivity contribution < 1.29 is 9.59 Å². The van der Waals surface area contributed by atoms with Crippen molar-refractivity contribution in [3.63, 3.8) is 0 Å². The third-order valence-corrected chi connectivity index (χ3v) is 6.79. The predicted molar refractivity (Wildman–Crippen MR) is 136 cm³/mol. The number of hydrogen-bond acceptors (Lipinski definition) is 5. The highest BCUT2D eigenvalue weighted by Gasteiger charge is 2.21. The van der Waals surface area contributed by atoms with E-state index in [2.05, 4.69) is 55.2 Å². The number of nitrogens with zero attached hydrogens (tertiary/aromatic N) is 3. The highest BCUT2D eigenvalue weighted by molar-refractivity contribution is 7.22. The molecule has 2 heterocycles. The SMILES string of the molecule is CN1CCN(C(=O)c2ccc3nc(NC(=O)/C=C/c4ccc(C(C)(C)C)cc4)sc3c2)CC1. The lowest BCUT2D eigenvalue weighted by molar-refractivity contribution is -0.111. The highest BCUT2D eigenvalue weighted by Crippen LogP contribution is 2.27. The summed E-state index contributed by atoms with van der Waals surface area (Å²) in [6, 6.07) is 13.7. The minimum absolute atomic E-state index is 0.0457. The van der Waals surface area contributed by atoms with Crippen LogP contribution in [0.4, 0.5) is 5.13 Å². The van der Waals surface area contributed by atoms with E-state index in [4.69, 9.17) is 0 Å². The average molecular weight is 463 g/mol. The Balaban J connectivity index is 1.41. The molecule has 1 aliphatic heterocycles. The minimum Gasteiger partial charge on any atom is -0.336 e. The van der Waals surface area contributed by atoms with Crippen molar-refractivity contribution in [3.05, 3.63) is 65.2 Å². The maximum atomic E-state index is 12.8. The molecule has 33 heavy (non-hydrogen) atoms. The Hall–Kier alpha value is -3.03. The number of anilines is 1. The van der Waals surface area contributed by atoms with Gasteiger partial charge in [-0.15, -0.1) is 0 Å². The number of piperazine rings is 1. The molecular weight excluding hydrogens is 432 g/mol. The van der Waals surface area contributed by atoms with Crippen LogP contribution in [0.2, 0.25) is 0 Å². The van der Waals surface area contributed by atoms with Gasteiger partial charge >= 0.3 is 0 Å². The molecule has 0 aliphatic carbocycles. The zero-order valence-corrected chi connectivity index (χ0v) is 20.4. The van der Waals surface area contributed by atoms with E-state index in [-0.39, 0.29) is 17.2 Å². The Bertz CT molecular complexity index is 1180. The van der Waals surface area contributed by atoms with Crippen molar-refractivity contribution in [2.45, 2.75) is 26.2 Å². The molecule has 4 rings (SSSR count). The molecule has 7 heteroatoms. The van der Waals surface area contributed by atoms with E-state index in [0.29, 0.717) is 10.7 Å². The van der Waals surface area contributed by atoms with Crippen molar-refractivity contribution in [3.8, 4) is 0 Å². The lowest BCUT2D eigenvalue weighted by Crippen LogP contribution is -2.47. The maximum absolute atomic E-state index is 12.8. The first-order chi connectivity index (χ1) is 15.7. The number of likely N-dealkylation sites (N-methyl/N-ethyl adjacent to an activating group) is 1. The number of thiazole rings is 1. The molecule has 1 aliphatic rings. The summed E-state index contributed by atoms with van der Waals surface area (Å²) in [5, 5.41) is 3.36. The molecule has 1 saturated heterocycles. The molecule has 172 valence electrons. The van der Waals surface area contributed by atoms with Crippen LogP contribution in [0.1, 0.15) is 42.3 Å². The maximum Gasteiger partial charge on any atom is 0.253 e. The number of aromatic nitrogens is 1. The molecule has 1 N–H and O–H groups in total. The largest absolute Gasteiger partial charge is 0.336 e. The van der Waals surface area contributed by atoms with Crippen LogP contribution in [0.3, 0.4) is 0 Å². The summed E-state index contributed by atoms with van der Waals surface area (Å²) in [4.78, 5) is 33.8. The molecule has 0 saturated carbocycles. The first kappa shape index (κ1) is 23.1. The summed E-state index contributed by atoms with van der Waals surface area (Å²) in [7, 11) is 2.07. The number of carbonyl (C=O) groups is 2. The summed E-state index contributed by atoms with van der Waals surface area (Å²) in [5.41, 5.74) is 3.75. The van der Waals surface area contributed by atoms with Crippen LogP contribution in [-0.4, -0.2) is 59.8 Å². The molecular formula is C26H30N4O2S. The fourth-order valence-corrected chi connectivity index (χ4v) is 4.62. The number of nitrogens with one attached hydrogen (secondary N) is 1. The van der Waals surface area contributed by atoms with Gasteiger partial charge in [0.25, 0.3) is 5.91 Å². The van der Waals surface area contributed by atoms with Crippen LogP contribution >= 0.6 is 11.3 Å². The van der Waals surface area contributed by atoms with Gasteiger partial charge in [0, 0.05) is 37.8 Å². The molecule has 2 aromatic carbocycles. The third-order valence-electron chi connectivity index (χ3n) is 5.86. The van der Waals surface area contributed by atoms with E-state index in [1.807, 2.05) is 35.2 Å². The van der Waals surface area contributed by atoms with Crippen LogP contribution in [0.25, 0.3) is 16.3 Å². The fraction of sp³-hybridized carbons (Fsp3) is 0.346. The standard InChI is InChI=1S/C26H30N4O2S/c1-26(2,3)20-9-5-18(6-10-20)7-12-23(31)28-25-27-21-11-8-19(17-22(21)33-25)24(32)30-15-13-29(4)14-16-30/h5-12,17H,13-16H2,1-4H3,(H,27,28,31)/b12-7+. The predicted octanol–water partition coefficient (Wildman–Crippen LogP) is 4.63. The second-order valence-corrected chi connectivity index (χ2v) is 10.5. The van der Waals surface area contributed by atoms with Gasteiger partial charge in [-0.1, -0.05) is 56.4 Å². The minimum atomic E-state index is -0.234. The van der Waals surface area contributed by atoms with E-state index in [1.54, 1.807) is 6.08 Å². The van der Waals surface area contributed by atoms with Crippen LogP contribution < -0.4 is 5.32 Å². The first-order valence-electron chi connectivity index (χ1n) is 11.2. The Morgan fingerprint density at radius 2 is 1.73 bits per heavy atom. The molecule has 0 bridgehead atoms. The fourth-order valence-electron chi connectivity index (χ4n) is 3.72. The van der Waals surface area contributed by atoms with E-state index < -0.39 is 0 Å². The summed E-state index contributed by atoms with van der Waals surface area (Å²) in [6.45, 7) is 9.78. The zero-order chi connectivity index (χ0) is 23.6. The van der Waals surface area contributed by atoms with Gasteiger partial charge in [-0.05, 0) is 47.9 Å². The molecule has 0 atom stereocenters. The molecule has 1 aromatic heterocycles. The summed E-state index contributed by atoms with van der Waals surface area (Å²) in [6.07, 6.45) is 3.31. The molecule has 2 amide bonds. The molecule has 0 unspecified atom stereocenters. The van der Waals surface area contributed by atoms with Gasteiger partial charge in [0.05, 0.1) is 10.2 Å². The van der Waals surface area contributed by atoms with Crippen LogP contribution in [0.15, 0.2) is 48.5 Å². The molecule has 3 aromatic rings. The van der Waals surface area contributed by atoms with Gasteiger partial charge in [0.2, 0.25) is 5.91 Å². The Morgan fingerprint density at radius 1 is 1.03 bits per heavy atom. The van der Waals surface area contributed by atoms with E-state index in [1.165, 1.54) is 23.0 Å². The van der Waals surface area contributed by atoms with Gasteiger partial charge in [0.1, 0.15) is 0 Å². The van der Waals surface area contributed by atoms with Gasteiger partial charge in [0.15, 0.2) is 5.13 Å². The second-order valence-electron chi connectivity index (χ2n) is 9.49. The lowest BCUT2D eigenvalue weighted by Gasteiger charge is -2.32. The normalized spacial score (nSPS) is 15.3. The number of rotatable bonds is 4. The Kier molecular flexibility index (Phi) is 6.63. The number of benzene rings is 2. The summed E-state index contributed by atoms with van der Waals surface area (Å²) in [5.74, 6) is -0.188. The molecule has 1 fully saturated rings. The number of fused-ring (bicyclic) bond motifs is 1. The van der Waals surface area contributed by atoms with Crippen LogP contribution in [0, 0.1) is 0 Å². The zero-order valence-electron chi connectivity index (χ0n) is 19.6. The Morgan fingerprint density at radius 3 is 2.39 bits per heavy atom. The summed E-state index contributed by atoms with van der Waals surface area (Å²) >= 11 is 1.37. The van der Waals surface area contributed by atoms with Gasteiger partial charge < -0.3 is 9.80 Å². The van der Waals surface area contributed by atoms with Crippen LogP contribution in [-0.2, 0) is 10.2 Å². The molecule has 0 spiro atoms. The topological polar surface area (TPSA) is 65.5 Å². The van der Waals surface area contributed by atoms with Gasteiger partial charge in [-0.25, -0.2) is 4.98 Å². The third kappa shape index (κ3) is 5.67. The number of hydrogen-bond donors (Lipinski definition) is 1. The lowest BCUT2D eigenvalue weighted by atomic mass is 9.87. The van der Waals surface area contributed by atoms with Crippen molar-refractivity contribution in [1.29, 1.82) is 0 Å². The quantitative estimate of drug-likeness (QED) is 0.574. The second kappa shape index (κ2) is 9.45. The van der Waals surface area contributed by atoms with Crippen molar-refractivity contribution in [2.75, 3.05) is 38.5 Å². The molecule has 0 radical (unpaired) electrons. The number of carbonyl (C=O) groups excluding carboxylic acids is 2. The van der Waals surface area contributed by atoms with E-state index in [0.717, 1.165) is 42.0 Å². The van der Waals surface area contributed by atoms with Crippen molar-refractivity contribution in [1.82, 2.24) is 14.8 Å². The van der Waals surface area contributed by atoms with E-state index in [9.17, 15) is 9.59 Å². The molecule has 6 nitrogen and oxygen atoms in total. The van der Waals surface area contributed by atoms with Crippen LogP contribution in [0.5, 0.6) is 0 Å². The van der Waals surface area contributed by atoms with Crippen molar-refractivity contribution >= 4 is 44.6 Å². The van der Waals surface area contributed by atoms with Crippen molar-refractivity contribution in [2.24, 2.45) is 0 Å². The Labute approximate surface area is 198 Å². The van der Waals surface area contributed by atoms with Gasteiger partial charge in [-0.2, -0.15) is 0 Å². The van der Waals surface area contributed by atoms with Gasteiger partial charge in [-0.3, -0.25) is 14.9 Å².